The fourth-order valence-electron chi connectivity index (χ4n) is 2.37. The van der Waals surface area contributed by atoms with Gasteiger partial charge >= 0.3 is 0 Å². The van der Waals surface area contributed by atoms with Crippen LogP contribution in [0.2, 0.25) is 0 Å². The molecule has 2 heteroatoms. The Balaban J connectivity index is 2.40. The zero-order valence-electron chi connectivity index (χ0n) is 11.9. The van der Waals surface area contributed by atoms with E-state index in [1.807, 2.05) is 51.1 Å². The molecule has 0 amide bonds. The molecular formula is C17H20O2. The van der Waals surface area contributed by atoms with Crippen LogP contribution in [0, 0.1) is 20.8 Å². The van der Waals surface area contributed by atoms with Crippen molar-refractivity contribution in [3.05, 3.63) is 64.2 Å². The van der Waals surface area contributed by atoms with Crippen LogP contribution >= 0.6 is 0 Å². The van der Waals surface area contributed by atoms with Gasteiger partial charge < -0.3 is 9.84 Å². The number of hydrogen-bond acceptors (Lipinski definition) is 2. The molecule has 1 unspecified atom stereocenters. The fraction of sp³-hybridized carbons (Fsp3) is 0.294. The first-order valence-electron chi connectivity index (χ1n) is 6.42. The predicted octanol–water partition coefficient (Wildman–Crippen LogP) is 3.70. The van der Waals surface area contributed by atoms with Gasteiger partial charge in [-0.2, -0.15) is 0 Å². The molecule has 1 atom stereocenters. The second kappa shape index (κ2) is 5.45. The maximum atomic E-state index is 10.5. The third-order valence-electron chi connectivity index (χ3n) is 3.31. The molecule has 2 nitrogen and oxygen atoms in total. The lowest BCUT2D eigenvalue weighted by molar-refractivity contribution is 0.219. The minimum atomic E-state index is -0.618. The molecule has 0 aliphatic heterocycles. The van der Waals surface area contributed by atoms with E-state index in [1.54, 1.807) is 7.11 Å². The lowest BCUT2D eigenvalue weighted by atomic mass is 9.97. The van der Waals surface area contributed by atoms with E-state index in [-0.39, 0.29) is 0 Å². The van der Waals surface area contributed by atoms with Crippen LogP contribution < -0.4 is 4.74 Å². The largest absolute Gasteiger partial charge is 0.496 e. The molecule has 0 saturated heterocycles. The van der Waals surface area contributed by atoms with Gasteiger partial charge in [-0.05, 0) is 43.5 Å². The summed E-state index contributed by atoms with van der Waals surface area (Å²) in [5, 5.41) is 10.5. The summed E-state index contributed by atoms with van der Waals surface area (Å²) in [6.45, 7) is 6.07. The van der Waals surface area contributed by atoms with E-state index in [0.717, 1.165) is 33.6 Å². The van der Waals surface area contributed by atoms with Crippen molar-refractivity contribution < 1.29 is 9.84 Å². The monoisotopic (exact) mass is 256 g/mol. The molecule has 2 aromatic rings. The SMILES string of the molecule is COc1cc(C(O)c2cc(C)cc(C)c2)ccc1C. The van der Waals surface area contributed by atoms with E-state index in [0.29, 0.717) is 0 Å². The summed E-state index contributed by atoms with van der Waals surface area (Å²) in [5.74, 6) is 0.806. The van der Waals surface area contributed by atoms with Gasteiger partial charge in [0.25, 0.3) is 0 Å². The van der Waals surface area contributed by atoms with E-state index in [9.17, 15) is 5.11 Å². The summed E-state index contributed by atoms with van der Waals surface area (Å²) in [5.41, 5.74) is 5.16. The molecule has 2 rings (SSSR count). The fourth-order valence-corrected chi connectivity index (χ4v) is 2.37. The quantitative estimate of drug-likeness (QED) is 0.907. The van der Waals surface area contributed by atoms with Gasteiger partial charge in [-0.3, -0.25) is 0 Å². The highest BCUT2D eigenvalue weighted by Gasteiger charge is 2.13. The number of methoxy groups -OCH3 is 1. The van der Waals surface area contributed by atoms with Gasteiger partial charge in [-0.25, -0.2) is 0 Å². The summed E-state index contributed by atoms with van der Waals surface area (Å²) < 4.78 is 5.31. The number of hydrogen-bond donors (Lipinski definition) is 1. The maximum Gasteiger partial charge on any atom is 0.122 e. The van der Waals surface area contributed by atoms with Crippen molar-refractivity contribution in [2.75, 3.05) is 7.11 Å². The zero-order valence-corrected chi connectivity index (χ0v) is 11.9. The number of rotatable bonds is 3. The van der Waals surface area contributed by atoms with Crippen molar-refractivity contribution in [1.82, 2.24) is 0 Å². The highest BCUT2D eigenvalue weighted by Crippen LogP contribution is 2.28. The van der Waals surface area contributed by atoms with Crippen molar-refractivity contribution in [3.8, 4) is 5.75 Å². The number of aliphatic hydroxyl groups excluding tert-OH is 1. The average molecular weight is 256 g/mol. The molecule has 0 fully saturated rings. The van der Waals surface area contributed by atoms with Crippen molar-refractivity contribution in [3.63, 3.8) is 0 Å². The van der Waals surface area contributed by atoms with Crippen molar-refractivity contribution in [2.45, 2.75) is 26.9 Å². The normalized spacial score (nSPS) is 12.3. The molecule has 0 aliphatic carbocycles. The van der Waals surface area contributed by atoms with Gasteiger partial charge in [0.2, 0.25) is 0 Å². The topological polar surface area (TPSA) is 29.5 Å². The third kappa shape index (κ3) is 2.96. The smallest absolute Gasteiger partial charge is 0.122 e. The molecule has 0 aliphatic rings. The van der Waals surface area contributed by atoms with Gasteiger partial charge in [0.05, 0.1) is 7.11 Å². The second-order valence-corrected chi connectivity index (χ2v) is 5.05. The van der Waals surface area contributed by atoms with Gasteiger partial charge in [-0.15, -0.1) is 0 Å². The van der Waals surface area contributed by atoms with E-state index in [1.165, 1.54) is 0 Å². The number of aryl methyl sites for hydroxylation is 3. The van der Waals surface area contributed by atoms with Crippen LogP contribution in [-0.2, 0) is 0 Å². The molecule has 2 aromatic carbocycles. The van der Waals surface area contributed by atoms with E-state index < -0.39 is 6.10 Å². The molecule has 1 N–H and O–H groups in total. The Hall–Kier alpha value is -1.80. The van der Waals surface area contributed by atoms with Crippen molar-refractivity contribution in [1.29, 1.82) is 0 Å². The Bertz CT molecular complexity index is 568. The molecule has 0 saturated carbocycles. The Morgan fingerprint density at radius 1 is 0.895 bits per heavy atom. The van der Waals surface area contributed by atoms with Crippen LogP contribution in [0.1, 0.15) is 33.9 Å². The first-order chi connectivity index (χ1) is 9.01. The first kappa shape index (κ1) is 13.6. The predicted molar refractivity (Wildman–Crippen MR) is 77.7 cm³/mol. The Morgan fingerprint density at radius 3 is 2.11 bits per heavy atom. The molecule has 0 aromatic heterocycles. The summed E-state index contributed by atoms with van der Waals surface area (Å²) in [6, 6.07) is 12.0. The van der Waals surface area contributed by atoms with Crippen LogP contribution in [0.25, 0.3) is 0 Å². The standard InChI is InChI=1S/C17H20O2/c1-11-7-12(2)9-15(8-11)17(18)14-6-5-13(3)16(10-14)19-4/h5-10,17-18H,1-4H3. The van der Waals surface area contributed by atoms with Crippen LogP contribution in [0.5, 0.6) is 5.75 Å². The summed E-state index contributed by atoms with van der Waals surface area (Å²) in [6.07, 6.45) is -0.618. The summed E-state index contributed by atoms with van der Waals surface area (Å²) in [4.78, 5) is 0. The molecule has 100 valence electrons. The van der Waals surface area contributed by atoms with Crippen LogP contribution in [0.15, 0.2) is 36.4 Å². The maximum absolute atomic E-state index is 10.5. The average Bonchev–Trinajstić information content (AvgIpc) is 2.37. The van der Waals surface area contributed by atoms with Crippen molar-refractivity contribution in [2.24, 2.45) is 0 Å². The molecule has 19 heavy (non-hydrogen) atoms. The van der Waals surface area contributed by atoms with Gasteiger partial charge in [-0.1, -0.05) is 41.5 Å². The lowest BCUT2D eigenvalue weighted by Crippen LogP contribution is -2.01. The Morgan fingerprint density at radius 2 is 1.53 bits per heavy atom. The minimum absolute atomic E-state index is 0.618. The Kier molecular flexibility index (Phi) is 3.91. The lowest BCUT2D eigenvalue weighted by Gasteiger charge is -2.15. The highest BCUT2D eigenvalue weighted by molar-refractivity contribution is 5.41. The first-order valence-corrected chi connectivity index (χ1v) is 6.42. The molecule has 0 heterocycles. The van der Waals surface area contributed by atoms with Gasteiger partial charge in [0, 0.05) is 0 Å². The molecule has 0 spiro atoms. The van der Waals surface area contributed by atoms with Gasteiger partial charge in [0.1, 0.15) is 11.9 Å². The van der Waals surface area contributed by atoms with Crippen molar-refractivity contribution >= 4 is 0 Å². The number of benzene rings is 2. The molecule has 0 bridgehead atoms. The highest BCUT2D eigenvalue weighted by atomic mass is 16.5. The molecule has 0 radical (unpaired) electrons. The van der Waals surface area contributed by atoms with Gasteiger partial charge in [0.15, 0.2) is 0 Å². The Labute approximate surface area is 114 Å². The zero-order chi connectivity index (χ0) is 14.0. The second-order valence-electron chi connectivity index (χ2n) is 5.05. The number of ether oxygens (including phenoxy) is 1. The summed E-state index contributed by atoms with van der Waals surface area (Å²) >= 11 is 0. The van der Waals surface area contributed by atoms with E-state index >= 15 is 0 Å². The van der Waals surface area contributed by atoms with Crippen LogP contribution in [-0.4, -0.2) is 12.2 Å². The summed E-state index contributed by atoms with van der Waals surface area (Å²) in [7, 11) is 1.65. The minimum Gasteiger partial charge on any atom is -0.496 e. The third-order valence-corrected chi connectivity index (χ3v) is 3.31. The van der Waals surface area contributed by atoms with Crippen LogP contribution in [0.3, 0.4) is 0 Å². The van der Waals surface area contributed by atoms with Crippen LogP contribution in [0.4, 0.5) is 0 Å². The van der Waals surface area contributed by atoms with E-state index in [4.69, 9.17) is 4.74 Å². The molecular weight excluding hydrogens is 236 g/mol. The number of aliphatic hydroxyl groups is 1. The van der Waals surface area contributed by atoms with E-state index in [2.05, 4.69) is 6.07 Å².